The third kappa shape index (κ3) is 4.87. The molecule has 0 aliphatic rings. The van der Waals surface area contributed by atoms with E-state index in [1.54, 1.807) is 7.11 Å². The van der Waals surface area contributed by atoms with Crippen LogP contribution in [-0.2, 0) is 4.74 Å². The van der Waals surface area contributed by atoms with Gasteiger partial charge in [-0.2, -0.15) is 5.26 Å². The second-order valence-electron chi connectivity index (χ2n) is 3.54. The highest BCUT2D eigenvalue weighted by atomic mass is 16.5. The summed E-state index contributed by atoms with van der Waals surface area (Å²) in [5.74, 6) is 0. The summed E-state index contributed by atoms with van der Waals surface area (Å²) in [5, 5.41) is 8.58. The molecule has 76 valence electrons. The van der Waals surface area contributed by atoms with Crippen LogP contribution >= 0.6 is 0 Å². The molecule has 0 bridgehead atoms. The van der Waals surface area contributed by atoms with Crippen molar-refractivity contribution in [2.75, 3.05) is 20.3 Å². The average molecular weight is 184 g/mol. The van der Waals surface area contributed by atoms with E-state index >= 15 is 0 Å². The minimum Gasteiger partial charge on any atom is -0.383 e. The monoisotopic (exact) mass is 184 g/mol. The number of rotatable bonds is 6. The lowest BCUT2D eigenvalue weighted by atomic mass is 10.1. The van der Waals surface area contributed by atoms with Gasteiger partial charge < -0.3 is 4.74 Å². The topological polar surface area (TPSA) is 36.3 Å². The molecule has 0 saturated heterocycles. The third-order valence-corrected chi connectivity index (χ3v) is 2.17. The maximum absolute atomic E-state index is 8.58. The molecule has 0 amide bonds. The molecule has 0 aliphatic heterocycles. The summed E-state index contributed by atoms with van der Waals surface area (Å²) in [4.78, 5) is 2.28. The maximum atomic E-state index is 8.58. The molecule has 0 aromatic carbocycles. The van der Waals surface area contributed by atoms with Crippen LogP contribution in [0.25, 0.3) is 0 Å². The Morgan fingerprint density at radius 2 is 2.00 bits per heavy atom. The van der Waals surface area contributed by atoms with Crippen molar-refractivity contribution in [2.45, 2.75) is 39.3 Å². The van der Waals surface area contributed by atoms with Crippen LogP contribution in [0.4, 0.5) is 0 Å². The van der Waals surface area contributed by atoms with Crippen LogP contribution < -0.4 is 0 Å². The summed E-state index contributed by atoms with van der Waals surface area (Å²) >= 11 is 0. The molecule has 0 aromatic heterocycles. The van der Waals surface area contributed by atoms with E-state index in [2.05, 4.69) is 31.7 Å². The van der Waals surface area contributed by atoms with Crippen LogP contribution in [0.5, 0.6) is 0 Å². The first kappa shape index (κ1) is 12.4. The van der Waals surface area contributed by atoms with Crippen molar-refractivity contribution >= 4 is 0 Å². The smallest absolute Gasteiger partial charge is 0.0638 e. The number of hydrogen-bond donors (Lipinski definition) is 0. The molecule has 0 rings (SSSR count). The number of ether oxygens (including phenoxy) is 1. The van der Waals surface area contributed by atoms with Crippen molar-refractivity contribution in [3.63, 3.8) is 0 Å². The maximum Gasteiger partial charge on any atom is 0.0638 e. The van der Waals surface area contributed by atoms with E-state index in [4.69, 9.17) is 10.00 Å². The van der Waals surface area contributed by atoms with Crippen molar-refractivity contribution in [2.24, 2.45) is 0 Å². The minimum absolute atomic E-state index is 0.320. The van der Waals surface area contributed by atoms with Crippen molar-refractivity contribution in [1.29, 1.82) is 5.26 Å². The highest BCUT2D eigenvalue weighted by Crippen LogP contribution is 2.07. The zero-order valence-electron chi connectivity index (χ0n) is 9.08. The predicted octanol–water partition coefficient (Wildman–Crippen LogP) is 1.65. The van der Waals surface area contributed by atoms with Crippen LogP contribution in [0.1, 0.15) is 27.2 Å². The second kappa shape index (κ2) is 6.88. The molecule has 0 aromatic rings. The lowest BCUT2D eigenvalue weighted by Gasteiger charge is -2.31. The van der Waals surface area contributed by atoms with E-state index in [1.807, 2.05) is 0 Å². The molecule has 0 fully saturated rings. The Bertz CT molecular complexity index is 163. The summed E-state index contributed by atoms with van der Waals surface area (Å²) < 4.78 is 5.03. The van der Waals surface area contributed by atoms with Gasteiger partial charge in [-0.25, -0.2) is 0 Å². The summed E-state index contributed by atoms with van der Waals surface area (Å²) in [6.07, 6.45) is 0.585. The van der Waals surface area contributed by atoms with E-state index in [0.717, 1.165) is 13.2 Å². The Morgan fingerprint density at radius 3 is 2.38 bits per heavy atom. The predicted molar refractivity (Wildman–Crippen MR) is 53.4 cm³/mol. The molecule has 0 N–H and O–H groups in total. The van der Waals surface area contributed by atoms with Gasteiger partial charge in [0.25, 0.3) is 0 Å². The molecule has 13 heavy (non-hydrogen) atoms. The first-order valence-corrected chi connectivity index (χ1v) is 4.75. The molecule has 1 atom stereocenters. The van der Waals surface area contributed by atoms with Gasteiger partial charge in [0.2, 0.25) is 0 Å². The van der Waals surface area contributed by atoms with Crippen LogP contribution in [0, 0.1) is 11.3 Å². The SMILES string of the molecule is COCCN(C(C)C)C(C)CC#N. The quantitative estimate of drug-likeness (QED) is 0.629. The van der Waals surface area contributed by atoms with Gasteiger partial charge in [-0.3, -0.25) is 4.90 Å². The van der Waals surface area contributed by atoms with Gasteiger partial charge in [-0.05, 0) is 20.8 Å². The highest BCUT2D eigenvalue weighted by Gasteiger charge is 2.15. The number of nitriles is 1. The van der Waals surface area contributed by atoms with Crippen LogP contribution in [0.15, 0.2) is 0 Å². The summed E-state index contributed by atoms with van der Waals surface area (Å²) in [5.41, 5.74) is 0. The Hall–Kier alpha value is -0.590. The van der Waals surface area contributed by atoms with Gasteiger partial charge in [0.05, 0.1) is 19.1 Å². The van der Waals surface area contributed by atoms with Crippen LogP contribution in [0.3, 0.4) is 0 Å². The Kier molecular flexibility index (Phi) is 6.56. The first-order valence-electron chi connectivity index (χ1n) is 4.75. The molecule has 0 saturated carbocycles. The van der Waals surface area contributed by atoms with Gasteiger partial charge >= 0.3 is 0 Å². The largest absolute Gasteiger partial charge is 0.383 e. The number of hydrogen-bond acceptors (Lipinski definition) is 3. The zero-order chi connectivity index (χ0) is 10.3. The number of methoxy groups -OCH3 is 1. The summed E-state index contributed by atoms with van der Waals surface area (Å²) in [6.45, 7) is 8.00. The molecule has 3 nitrogen and oxygen atoms in total. The zero-order valence-corrected chi connectivity index (χ0v) is 9.08. The van der Waals surface area contributed by atoms with E-state index in [0.29, 0.717) is 18.5 Å². The van der Waals surface area contributed by atoms with Crippen molar-refractivity contribution in [3.05, 3.63) is 0 Å². The van der Waals surface area contributed by atoms with Crippen LogP contribution in [0.2, 0.25) is 0 Å². The summed E-state index contributed by atoms with van der Waals surface area (Å²) in [7, 11) is 1.70. The van der Waals surface area contributed by atoms with E-state index in [-0.39, 0.29) is 0 Å². The normalized spacial score (nSPS) is 13.3. The molecule has 0 aliphatic carbocycles. The molecule has 3 heteroatoms. The molecular formula is C10H20N2O. The van der Waals surface area contributed by atoms with Gasteiger partial charge in [-0.15, -0.1) is 0 Å². The van der Waals surface area contributed by atoms with Crippen molar-refractivity contribution < 1.29 is 4.74 Å². The fourth-order valence-corrected chi connectivity index (χ4v) is 1.43. The average Bonchev–Trinajstić information content (AvgIpc) is 2.05. The first-order chi connectivity index (χ1) is 6.13. The van der Waals surface area contributed by atoms with Gasteiger partial charge in [-0.1, -0.05) is 0 Å². The molecule has 0 radical (unpaired) electrons. The number of nitrogens with zero attached hydrogens (tertiary/aromatic N) is 2. The highest BCUT2D eigenvalue weighted by molar-refractivity contribution is 4.81. The van der Waals surface area contributed by atoms with E-state index in [9.17, 15) is 0 Å². The molecular weight excluding hydrogens is 164 g/mol. The van der Waals surface area contributed by atoms with E-state index in [1.165, 1.54) is 0 Å². The van der Waals surface area contributed by atoms with Gasteiger partial charge in [0.15, 0.2) is 0 Å². The Morgan fingerprint density at radius 1 is 1.38 bits per heavy atom. The van der Waals surface area contributed by atoms with E-state index < -0.39 is 0 Å². The minimum atomic E-state index is 0.320. The lowest BCUT2D eigenvalue weighted by molar-refractivity contribution is 0.103. The molecule has 0 spiro atoms. The standard InChI is InChI=1S/C10H20N2O/c1-9(2)12(7-8-13-4)10(3)5-6-11/h9-10H,5,7-8H2,1-4H3. The Balaban J connectivity index is 4.00. The van der Waals surface area contributed by atoms with Crippen molar-refractivity contribution in [3.8, 4) is 6.07 Å². The van der Waals surface area contributed by atoms with Gasteiger partial charge in [0.1, 0.15) is 0 Å². The Labute approximate surface area is 81.3 Å². The van der Waals surface area contributed by atoms with Crippen LogP contribution in [-0.4, -0.2) is 37.2 Å². The van der Waals surface area contributed by atoms with Crippen molar-refractivity contribution in [1.82, 2.24) is 4.90 Å². The third-order valence-electron chi connectivity index (χ3n) is 2.17. The fourth-order valence-electron chi connectivity index (χ4n) is 1.43. The fraction of sp³-hybridized carbons (Fsp3) is 0.900. The van der Waals surface area contributed by atoms with Gasteiger partial charge in [0, 0.05) is 25.7 Å². The molecule has 0 heterocycles. The lowest BCUT2D eigenvalue weighted by Crippen LogP contribution is -2.40. The summed E-state index contributed by atoms with van der Waals surface area (Å²) in [6, 6.07) is 2.99. The molecule has 1 unspecified atom stereocenters. The second-order valence-corrected chi connectivity index (χ2v) is 3.54.